The van der Waals surface area contributed by atoms with Crippen molar-refractivity contribution >= 4 is 72.0 Å². The van der Waals surface area contributed by atoms with Gasteiger partial charge < -0.3 is 20.6 Å². The van der Waals surface area contributed by atoms with Gasteiger partial charge in [0.25, 0.3) is 17.7 Å². The fraction of sp³-hybridized carbons (Fsp3) is 0.368. The van der Waals surface area contributed by atoms with Gasteiger partial charge in [-0.05, 0) is 55.8 Å². The average Bonchev–Trinajstić information content (AvgIpc) is 3.49. The summed E-state index contributed by atoms with van der Waals surface area (Å²) < 4.78 is 2.97. The molecule has 0 aliphatic carbocycles. The quantitative estimate of drug-likeness (QED) is 0.257. The largest absolute Gasteiger partial charge is 0.363 e. The maximum atomic E-state index is 11.2. The summed E-state index contributed by atoms with van der Waals surface area (Å²) in [6.07, 6.45) is 1.79. The molecule has 2 aromatic heterocycles. The van der Waals surface area contributed by atoms with Gasteiger partial charge in [0.2, 0.25) is 0 Å². The van der Waals surface area contributed by atoms with E-state index in [1.54, 1.807) is 32.2 Å². The van der Waals surface area contributed by atoms with Crippen LogP contribution in [0.25, 0.3) is 0 Å². The van der Waals surface area contributed by atoms with E-state index in [4.69, 9.17) is 0 Å². The van der Waals surface area contributed by atoms with Crippen molar-refractivity contribution in [2.45, 2.75) is 45.3 Å². The molecule has 10 nitrogen and oxygen atoms in total. The van der Waals surface area contributed by atoms with E-state index in [2.05, 4.69) is 68.8 Å². The van der Waals surface area contributed by atoms with Crippen LogP contribution in [0, 0.1) is 0 Å². The van der Waals surface area contributed by atoms with Gasteiger partial charge in [-0.3, -0.25) is 14.4 Å². The van der Waals surface area contributed by atoms with Crippen molar-refractivity contribution in [3.63, 3.8) is 0 Å². The number of hydrogen-bond acceptors (Lipinski definition) is 4. The van der Waals surface area contributed by atoms with Crippen LogP contribution in [-0.4, -0.2) is 47.1 Å². The first-order chi connectivity index (χ1) is 14.9. The molecule has 0 aromatic carbocycles. The minimum atomic E-state index is -0.805. The number of carbonyl (C=O) groups excluding carboxylic acids is 4. The van der Waals surface area contributed by atoms with Crippen molar-refractivity contribution in [1.29, 1.82) is 0 Å². The number of amides is 5. The lowest BCUT2D eigenvalue weighted by Crippen LogP contribution is -2.37. The highest BCUT2D eigenvalue weighted by molar-refractivity contribution is 9.10. The van der Waals surface area contributed by atoms with Crippen LogP contribution in [0.4, 0.5) is 4.79 Å². The number of H-pyrrole nitrogens is 2. The Balaban J connectivity index is 0.000000136. The van der Waals surface area contributed by atoms with Crippen molar-refractivity contribution in [3.8, 4) is 0 Å². The monoisotopic (exact) mass is 634 g/mol. The second-order valence-corrected chi connectivity index (χ2v) is 10.1. The molecule has 0 saturated carbocycles. The lowest BCUT2D eigenvalue weighted by Gasteiger charge is -2.19. The minimum Gasteiger partial charge on any atom is -0.363 e. The molecule has 2 atom stereocenters. The van der Waals surface area contributed by atoms with Crippen LogP contribution >= 0.6 is 48.2 Å². The van der Waals surface area contributed by atoms with Crippen molar-refractivity contribution in [3.05, 3.63) is 45.4 Å². The molecule has 4 N–H and O–H groups in total. The second-order valence-electron chi connectivity index (χ2n) is 7.85. The molecular weight excluding hydrogens is 616 g/mol. The molecule has 0 radical (unpaired) electrons. The number of carbonyl (C=O) groups is 4. The Morgan fingerprint density at radius 2 is 1.50 bits per heavy atom. The van der Waals surface area contributed by atoms with E-state index in [0.29, 0.717) is 0 Å². The zero-order chi connectivity index (χ0) is 24.0. The SMILES string of the molecule is CC1(C)C(=O)N(Br)C(=O)N1Br.C[C@H]1NC(=O)c2cc(Br)[nH]c21.C[C@H]1NC(=O)c2cc[nH]c21. The number of urea groups is 1. The Kier molecular flexibility index (Phi) is 6.91. The summed E-state index contributed by atoms with van der Waals surface area (Å²) in [5, 5.41) is 5.59. The molecule has 0 unspecified atom stereocenters. The van der Waals surface area contributed by atoms with Gasteiger partial charge in [-0.1, -0.05) is 0 Å². The normalized spacial score (nSPS) is 22.5. The van der Waals surface area contributed by atoms with Gasteiger partial charge in [0.1, 0.15) is 5.54 Å². The van der Waals surface area contributed by atoms with Crippen molar-refractivity contribution in [2.24, 2.45) is 0 Å². The van der Waals surface area contributed by atoms with E-state index in [0.717, 1.165) is 31.0 Å². The molecule has 1 saturated heterocycles. The smallest absolute Gasteiger partial charge is 0.348 e. The summed E-state index contributed by atoms with van der Waals surface area (Å²) in [6, 6.07) is 3.46. The van der Waals surface area contributed by atoms with E-state index in [1.165, 1.54) is 3.93 Å². The number of halogens is 3. The predicted octanol–water partition coefficient (Wildman–Crippen LogP) is 4.05. The third-order valence-electron chi connectivity index (χ3n) is 5.17. The summed E-state index contributed by atoms with van der Waals surface area (Å²) in [6.45, 7) is 7.22. The number of nitrogens with zero attached hydrogens (tertiary/aromatic N) is 2. The van der Waals surface area contributed by atoms with Crippen LogP contribution < -0.4 is 10.6 Å². The van der Waals surface area contributed by atoms with Crippen LogP contribution in [0.5, 0.6) is 0 Å². The first kappa shape index (κ1) is 24.5. The fourth-order valence-corrected chi connectivity index (χ4v) is 4.88. The minimum absolute atomic E-state index is 0.00875. The molecule has 5 amide bonds. The number of rotatable bonds is 0. The molecule has 1 fully saturated rings. The molecule has 0 spiro atoms. The Labute approximate surface area is 209 Å². The summed E-state index contributed by atoms with van der Waals surface area (Å²) in [4.78, 5) is 50.5. The molecule has 172 valence electrons. The van der Waals surface area contributed by atoms with Gasteiger partial charge in [-0.15, -0.1) is 0 Å². The Morgan fingerprint density at radius 1 is 0.938 bits per heavy atom. The molecule has 3 aliphatic heterocycles. The van der Waals surface area contributed by atoms with Gasteiger partial charge in [0.15, 0.2) is 0 Å². The molecule has 32 heavy (non-hydrogen) atoms. The highest BCUT2D eigenvalue weighted by atomic mass is 79.9. The number of hydrogen-bond donors (Lipinski definition) is 4. The first-order valence-corrected chi connectivity index (χ1v) is 11.7. The van der Waals surface area contributed by atoms with Crippen molar-refractivity contribution in [2.75, 3.05) is 0 Å². The number of aromatic amines is 2. The van der Waals surface area contributed by atoms with Gasteiger partial charge in [-0.2, -0.15) is 3.93 Å². The Morgan fingerprint density at radius 3 is 1.94 bits per heavy atom. The van der Waals surface area contributed by atoms with E-state index >= 15 is 0 Å². The standard InChI is InChI=1S/C7H7BrN2O.C7H8N2O.C5H6Br2N2O2/c1-3-6-4(7(11)9-3)2-5(8)10-6;1-4-6-5(2-3-8-6)7(10)9-4;1-5(2)3(10)8(6)4(11)9(5)7/h2-3,10H,1H3,(H,9,11);2-4,8H,1H3,(H,9,10);1-2H3/t3-;4-;/m11./s1. The average molecular weight is 637 g/mol. The Bertz CT molecular complexity index is 1090. The maximum Gasteiger partial charge on any atom is 0.348 e. The van der Waals surface area contributed by atoms with E-state index in [9.17, 15) is 19.2 Å². The summed E-state index contributed by atoms with van der Waals surface area (Å²) in [5.41, 5.74) is 2.71. The highest BCUT2D eigenvalue weighted by Gasteiger charge is 2.50. The molecule has 3 aliphatic rings. The number of aromatic nitrogens is 2. The molecule has 2 aromatic rings. The van der Waals surface area contributed by atoms with Gasteiger partial charge in [-0.25, -0.2) is 8.72 Å². The number of nitrogens with one attached hydrogen (secondary N) is 4. The lowest BCUT2D eigenvalue weighted by molar-refractivity contribution is -0.127. The number of fused-ring (bicyclic) bond motifs is 2. The fourth-order valence-electron chi connectivity index (χ4n) is 3.32. The van der Waals surface area contributed by atoms with Crippen LogP contribution in [-0.2, 0) is 4.79 Å². The van der Waals surface area contributed by atoms with Crippen molar-refractivity contribution < 1.29 is 19.2 Å². The summed E-state index contributed by atoms with van der Waals surface area (Å²) in [7, 11) is 0. The third kappa shape index (κ3) is 4.37. The van der Waals surface area contributed by atoms with Crippen molar-refractivity contribution in [1.82, 2.24) is 28.5 Å². The van der Waals surface area contributed by atoms with E-state index in [1.807, 2.05) is 13.8 Å². The first-order valence-electron chi connectivity index (χ1n) is 9.54. The molecule has 13 heteroatoms. The van der Waals surface area contributed by atoms with Crippen LogP contribution in [0.1, 0.15) is 71.9 Å². The second kappa shape index (κ2) is 9.02. The molecule has 0 bridgehead atoms. The number of imide groups is 1. The molecular formula is C19H21Br3N6O4. The Hall–Kier alpha value is -2.12. The zero-order valence-electron chi connectivity index (χ0n) is 17.5. The molecule has 5 heterocycles. The third-order valence-corrected chi connectivity index (χ3v) is 7.42. The summed E-state index contributed by atoms with van der Waals surface area (Å²) >= 11 is 9.12. The highest BCUT2D eigenvalue weighted by Crippen LogP contribution is 2.32. The van der Waals surface area contributed by atoms with Crippen LogP contribution in [0.3, 0.4) is 0 Å². The van der Waals surface area contributed by atoms with Crippen LogP contribution in [0.15, 0.2) is 22.9 Å². The molecule has 5 rings (SSSR count). The van der Waals surface area contributed by atoms with Gasteiger partial charge in [0, 0.05) is 6.20 Å². The van der Waals surface area contributed by atoms with E-state index < -0.39 is 11.6 Å². The maximum absolute atomic E-state index is 11.2. The lowest BCUT2D eigenvalue weighted by atomic mass is 10.1. The predicted molar refractivity (Wildman–Crippen MR) is 127 cm³/mol. The van der Waals surface area contributed by atoms with Gasteiger partial charge in [0.05, 0.1) is 71.5 Å². The summed E-state index contributed by atoms with van der Waals surface area (Å²) in [5.74, 6) is -0.238. The topological polar surface area (TPSA) is 130 Å². The van der Waals surface area contributed by atoms with Crippen LogP contribution in [0.2, 0.25) is 0 Å². The van der Waals surface area contributed by atoms with Gasteiger partial charge >= 0.3 is 6.03 Å². The zero-order valence-corrected chi connectivity index (χ0v) is 22.3. The van der Waals surface area contributed by atoms with E-state index in [-0.39, 0.29) is 29.8 Å².